The molecule has 1 N–H and O–H groups in total. The predicted molar refractivity (Wildman–Crippen MR) is 66.7 cm³/mol. The van der Waals surface area contributed by atoms with Crippen LogP contribution in [0.1, 0.15) is 27.2 Å². The van der Waals surface area contributed by atoms with Gasteiger partial charge in [-0.05, 0) is 20.8 Å². The van der Waals surface area contributed by atoms with E-state index in [9.17, 15) is 9.59 Å². The number of nitrogens with zero attached hydrogens (tertiary/aromatic N) is 1. The van der Waals surface area contributed by atoms with Crippen molar-refractivity contribution in [2.45, 2.75) is 39.3 Å². The van der Waals surface area contributed by atoms with Crippen LogP contribution in [0.25, 0.3) is 0 Å². The number of nitrogens with one attached hydrogen (secondary N) is 1. The summed E-state index contributed by atoms with van der Waals surface area (Å²) in [5.41, 5.74) is 0. The van der Waals surface area contributed by atoms with Crippen LogP contribution in [-0.4, -0.2) is 56.2 Å². The maximum atomic E-state index is 11.5. The normalized spacial score (nSPS) is 13.4. The van der Waals surface area contributed by atoms with Gasteiger partial charge >= 0.3 is 6.09 Å². The number of ether oxygens (including phenoxy) is 1. The third kappa shape index (κ3) is 9.81. The molecule has 0 aliphatic rings. The van der Waals surface area contributed by atoms with E-state index < -0.39 is 6.09 Å². The Morgan fingerprint density at radius 2 is 1.76 bits per heavy atom. The van der Waals surface area contributed by atoms with Crippen molar-refractivity contribution in [2.24, 2.45) is 0 Å². The highest BCUT2D eigenvalue weighted by Gasteiger charge is 2.23. The molecule has 5 heteroatoms. The van der Waals surface area contributed by atoms with E-state index >= 15 is 0 Å². The zero-order valence-electron chi connectivity index (χ0n) is 11.7. The Hall–Kier alpha value is -1.10. The SMILES string of the molecule is CC(=O)C[C@H](C[N+](C)(C)C)OC(=O)NC(C)C. The maximum absolute atomic E-state index is 11.5. The van der Waals surface area contributed by atoms with Crippen molar-refractivity contribution < 1.29 is 18.8 Å². The Morgan fingerprint density at radius 3 is 2.12 bits per heavy atom. The van der Waals surface area contributed by atoms with Crippen molar-refractivity contribution in [1.29, 1.82) is 0 Å². The van der Waals surface area contributed by atoms with Gasteiger partial charge < -0.3 is 14.5 Å². The number of likely N-dealkylation sites (N-methyl/N-ethyl adjacent to an activating group) is 1. The van der Waals surface area contributed by atoms with Gasteiger partial charge in [0.2, 0.25) is 0 Å². The standard InChI is InChI=1S/C12H24N2O3/c1-9(2)13-12(16)17-11(7-10(3)15)8-14(4,5)6/h9,11H,7-8H2,1-6H3/p+1/t11-/m1/s1. The third-order valence-corrected chi connectivity index (χ3v) is 1.95. The summed E-state index contributed by atoms with van der Waals surface area (Å²) in [5.74, 6) is 0.0285. The zero-order valence-corrected chi connectivity index (χ0v) is 11.7. The van der Waals surface area contributed by atoms with E-state index in [2.05, 4.69) is 5.32 Å². The molecule has 0 rings (SSSR count). The van der Waals surface area contributed by atoms with E-state index in [4.69, 9.17) is 4.74 Å². The molecule has 0 saturated heterocycles. The number of Topliss-reactive ketones (excluding diaryl/α,β-unsaturated/α-hetero) is 1. The van der Waals surface area contributed by atoms with Crippen LogP contribution in [0.4, 0.5) is 4.79 Å². The Kier molecular flexibility index (Phi) is 6.16. The van der Waals surface area contributed by atoms with E-state index in [0.29, 0.717) is 11.0 Å². The Balaban J connectivity index is 4.38. The number of carbonyl (C=O) groups is 2. The number of hydrogen-bond acceptors (Lipinski definition) is 3. The topological polar surface area (TPSA) is 55.4 Å². The first-order chi connectivity index (χ1) is 7.60. The van der Waals surface area contributed by atoms with Crippen LogP contribution in [0.5, 0.6) is 0 Å². The second kappa shape index (κ2) is 6.59. The van der Waals surface area contributed by atoms with Crippen LogP contribution < -0.4 is 5.32 Å². The van der Waals surface area contributed by atoms with Gasteiger partial charge in [0.15, 0.2) is 6.10 Å². The Bertz CT molecular complexity index is 269. The molecule has 1 atom stereocenters. The molecule has 0 unspecified atom stereocenters. The lowest BCUT2D eigenvalue weighted by Gasteiger charge is -2.28. The van der Waals surface area contributed by atoms with Crippen molar-refractivity contribution in [2.75, 3.05) is 27.7 Å². The fraction of sp³-hybridized carbons (Fsp3) is 0.833. The Labute approximate surface area is 104 Å². The zero-order chi connectivity index (χ0) is 13.6. The van der Waals surface area contributed by atoms with Crippen LogP contribution in [0.15, 0.2) is 0 Å². The van der Waals surface area contributed by atoms with E-state index in [-0.39, 0.29) is 24.3 Å². The molecule has 0 aromatic carbocycles. The number of alkyl carbamates (subject to hydrolysis) is 1. The molecule has 5 nitrogen and oxygen atoms in total. The highest BCUT2D eigenvalue weighted by Crippen LogP contribution is 2.06. The molecule has 0 radical (unpaired) electrons. The first-order valence-electron chi connectivity index (χ1n) is 5.87. The summed E-state index contributed by atoms with van der Waals surface area (Å²) < 4.78 is 5.91. The van der Waals surface area contributed by atoms with Crippen molar-refractivity contribution in [3.63, 3.8) is 0 Å². The lowest BCUT2D eigenvalue weighted by molar-refractivity contribution is -0.873. The summed E-state index contributed by atoms with van der Waals surface area (Å²) in [5, 5.41) is 2.65. The molecule has 0 aromatic rings. The van der Waals surface area contributed by atoms with Crippen LogP contribution in [0, 0.1) is 0 Å². The molecule has 0 spiro atoms. The lowest BCUT2D eigenvalue weighted by Crippen LogP contribution is -2.45. The number of rotatable bonds is 6. The number of carbonyl (C=O) groups excluding carboxylic acids is 2. The fourth-order valence-corrected chi connectivity index (χ4v) is 1.50. The number of quaternary nitrogens is 1. The number of hydrogen-bond donors (Lipinski definition) is 1. The summed E-state index contributed by atoms with van der Waals surface area (Å²) in [4.78, 5) is 22.6. The van der Waals surface area contributed by atoms with Gasteiger partial charge in [-0.25, -0.2) is 4.79 Å². The molecule has 1 amide bonds. The minimum absolute atomic E-state index is 0.0285. The minimum Gasteiger partial charge on any atom is -0.440 e. The summed E-state index contributed by atoms with van der Waals surface area (Å²) in [6, 6.07) is 0.0320. The van der Waals surface area contributed by atoms with E-state index in [1.165, 1.54) is 6.92 Å². The first-order valence-corrected chi connectivity index (χ1v) is 5.87. The number of amides is 1. The minimum atomic E-state index is -0.459. The summed E-state index contributed by atoms with van der Waals surface area (Å²) in [6.07, 6.45) is -0.563. The first kappa shape index (κ1) is 15.9. The van der Waals surface area contributed by atoms with Gasteiger partial charge in [0.25, 0.3) is 0 Å². The Morgan fingerprint density at radius 1 is 1.24 bits per heavy atom. The van der Waals surface area contributed by atoms with Crippen LogP contribution in [-0.2, 0) is 9.53 Å². The molecular weight excluding hydrogens is 220 g/mol. The van der Waals surface area contributed by atoms with Gasteiger partial charge in [0.1, 0.15) is 12.3 Å². The highest BCUT2D eigenvalue weighted by molar-refractivity contribution is 5.76. The molecule has 0 fully saturated rings. The van der Waals surface area contributed by atoms with Crippen LogP contribution in [0.3, 0.4) is 0 Å². The van der Waals surface area contributed by atoms with E-state index in [1.54, 1.807) is 0 Å². The lowest BCUT2D eigenvalue weighted by atomic mass is 10.2. The van der Waals surface area contributed by atoms with Gasteiger partial charge in [0.05, 0.1) is 21.1 Å². The summed E-state index contributed by atoms with van der Waals surface area (Å²) >= 11 is 0. The highest BCUT2D eigenvalue weighted by atomic mass is 16.6. The van der Waals surface area contributed by atoms with Crippen molar-refractivity contribution in [3.05, 3.63) is 0 Å². The van der Waals surface area contributed by atoms with Crippen molar-refractivity contribution in [3.8, 4) is 0 Å². The van der Waals surface area contributed by atoms with Gasteiger partial charge in [-0.15, -0.1) is 0 Å². The molecule has 0 saturated carbocycles. The molecule has 0 heterocycles. The molecule has 0 aliphatic carbocycles. The van der Waals surface area contributed by atoms with Crippen molar-refractivity contribution >= 4 is 11.9 Å². The molecular formula is C12H25N2O3+. The van der Waals surface area contributed by atoms with E-state index in [1.807, 2.05) is 35.0 Å². The van der Waals surface area contributed by atoms with Gasteiger partial charge in [0, 0.05) is 12.5 Å². The maximum Gasteiger partial charge on any atom is 0.407 e. The molecule has 17 heavy (non-hydrogen) atoms. The smallest absolute Gasteiger partial charge is 0.407 e. The van der Waals surface area contributed by atoms with Gasteiger partial charge in [-0.1, -0.05) is 0 Å². The molecule has 0 bridgehead atoms. The third-order valence-electron chi connectivity index (χ3n) is 1.95. The second-order valence-electron chi connectivity index (χ2n) is 5.71. The fourth-order valence-electron chi connectivity index (χ4n) is 1.50. The predicted octanol–water partition coefficient (Wildman–Crippen LogP) is 1.17. The van der Waals surface area contributed by atoms with E-state index in [0.717, 1.165) is 0 Å². The molecule has 0 aliphatic heterocycles. The molecule has 100 valence electrons. The summed E-state index contributed by atoms with van der Waals surface area (Å²) in [7, 11) is 5.99. The summed E-state index contributed by atoms with van der Waals surface area (Å²) in [6.45, 7) is 5.85. The largest absolute Gasteiger partial charge is 0.440 e. The van der Waals surface area contributed by atoms with Gasteiger partial charge in [-0.2, -0.15) is 0 Å². The average Bonchev–Trinajstić information content (AvgIpc) is 1.95. The van der Waals surface area contributed by atoms with Gasteiger partial charge in [-0.3, -0.25) is 4.79 Å². The monoisotopic (exact) mass is 245 g/mol. The number of ketones is 1. The van der Waals surface area contributed by atoms with Crippen LogP contribution in [0.2, 0.25) is 0 Å². The van der Waals surface area contributed by atoms with Crippen molar-refractivity contribution in [1.82, 2.24) is 5.32 Å². The average molecular weight is 245 g/mol. The second-order valence-corrected chi connectivity index (χ2v) is 5.71. The molecule has 0 aromatic heterocycles. The van der Waals surface area contributed by atoms with Crippen LogP contribution >= 0.6 is 0 Å². The quantitative estimate of drug-likeness (QED) is 0.715.